The van der Waals surface area contributed by atoms with E-state index < -0.39 is 11.8 Å². The Balaban J connectivity index is 2.76. The SMILES string of the molecule is CC(C)OC(=O)C(=O)c1ccc(CS)cc1. The minimum atomic E-state index is -0.811. The van der Waals surface area contributed by atoms with Crippen molar-refractivity contribution >= 4 is 24.4 Å². The number of Topliss-reactive ketones (excluding diaryl/α,β-unsaturated/α-hetero) is 1. The van der Waals surface area contributed by atoms with E-state index in [0.717, 1.165) is 5.56 Å². The van der Waals surface area contributed by atoms with Gasteiger partial charge in [-0.05, 0) is 19.4 Å². The summed E-state index contributed by atoms with van der Waals surface area (Å²) in [5.74, 6) is -0.821. The lowest BCUT2D eigenvalue weighted by Crippen LogP contribution is -2.21. The predicted molar refractivity (Wildman–Crippen MR) is 64.7 cm³/mol. The van der Waals surface area contributed by atoms with Crippen LogP contribution in [0.4, 0.5) is 0 Å². The molecule has 3 nitrogen and oxygen atoms in total. The van der Waals surface area contributed by atoms with Crippen molar-refractivity contribution in [2.75, 3.05) is 0 Å². The van der Waals surface area contributed by atoms with Gasteiger partial charge >= 0.3 is 5.97 Å². The van der Waals surface area contributed by atoms with Gasteiger partial charge in [-0.25, -0.2) is 4.79 Å². The summed E-state index contributed by atoms with van der Waals surface area (Å²) in [5, 5.41) is 0. The van der Waals surface area contributed by atoms with Crippen molar-refractivity contribution in [3.8, 4) is 0 Å². The second kappa shape index (κ2) is 5.70. The Bertz CT molecular complexity index is 382. The van der Waals surface area contributed by atoms with Crippen LogP contribution >= 0.6 is 12.6 Å². The van der Waals surface area contributed by atoms with E-state index in [0.29, 0.717) is 11.3 Å². The smallest absolute Gasteiger partial charge is 0.379 e. The molecule has 0 saturated heterocycles. The van der Waals surface area contributed by atoms with Gasteiger partial charge in [0.25, 0.3) is 5.78 Å². The lowest BCUT2D eigenvalue weighted by Gasteiger charge is -2.06. The molecule has 1 rings (SSSR count). The summed E-state index contributed by atoms with van der Waals surface area (Å²) in [6, 6.07) is 6.75. The molecule has 0 fully saturated rings. The lowest BCUT2D eigenvalue weighted by molar-refractivity contribution is -0.141. The fourth-order valence-corrected chi connectivity index (χ4v) is 1.36. The topological polar surface area (TPSA) is 43.4 Å². The molecule has 0 atom stereocenters. The Kier molecular flexibility index (Phi) is 4.55. The molecule has 0 aromatic heterocycles. The third-order valence-corrected chi connectivity index (χ3v) is 2.29. The third kappa shape index (κ3) is 3.38. The molecule has 0 spiro atoms. The van der Waals surface area contributed by atoms with Gasteiger partial charge in [0.1, 0.15) is 0 Å². The van der Waals surface area contributed by atoms with Crippen LogP contribution in [0.5, 0.6) is 0 Å². The Hall–Kier alpha value is -1.29. The van der Waals surface area contributed by atoms with Crippen molar-refractivity contribution in [1.29, 1.82) is 0 Å². The molecule has 16 heavy (non-hydrogen) atoms. The molecule has 86 valence electrons. The normalized spacial score (nSPS) is 10.2. The zero-order chi connectivity index (χ0) is 12.1. The number of ether oxygens (including phenoxy) is 1. The first-order chi connectivity index (χ1) is 7.54. The number of esters is 1. The maximum atomic E-state index is 11.6. The van der Waals surface area contributed by atoms with Gasteiger partial charge in [0.05, 0.1) is 6.10 Å². The summed E-state index contributed by atoms with van der Waals surface area (Å²) >= 11 is 4.11. The maximum Gasteiger partial charge on any atom is 0.379 e. The largest absolute Gasteiger partial charge is 0.457 e. The summed E-state index contributed by atoms with van der Waals surface area (Å²) < 4.78 is 4.82. The van der Waals surface area contributed by atoms with Gasteiger partial charge in [0, 0.05) is 11.3 Å². The number of benzene rings is 1. The van der Waals surface area contributed by atoms with Crippen LogP contribution in [-0.2, 0) is 15.3 Å². The second-order valence-corrected chi connectivity index (χ2v) is 3.95. The Morgan fingerprint density at radius 2 is 1.81 bits per heavy atom. The predicted octanol–water partition coefficient (Wildman–Crippen LogP) is 2.25. The molecule has 0 bridgehead atoms. The van der Waals surface area contributed by atoms with Crippen LogP contribution in [0.1, 0.15) is 29.8 Å². The van der Waals surface area contributed by atoms with E-state index in [9.17, 15) is 9.59 Å². The molecule has 4 heteroatoms. The van der Waals surface area contributed by atoms with E-state index in [1.807, 2.05) is 0 Å². The summed E-state index contributed by atoms with van der Waals surface area (Å²) in [6.07, 6.45) is -0.284. The van der Waals surface area contributed by atoms with Crippen molar-refractivity contribution < 1.29 is 14.3 Å². The van der Waals surface area contributed by atoms with Crippen molar-refractivity contribution in [2.24, 2.45) is 0 Å². The van der Waals surface area contributed by atoms with Crippen molar-refractivity contribution in [2.45, 2.75) is 25.7 Å². The van der Waals surface area contributed by atoms with E-state index >= 15 is 0 Å². The fraction of sp³-hybridized carbons (Fsp3) is 0.333. The Morgan fingerprint density at radius 3 is 2.25 bits per heavy atom. The number of hydrogen-bond acceptors (Lipinski definition) is 4. The molecule has 0 unspecified atom stereocenters. The number of carbonyl (C=O) groups is 2. The standard InChI is InChI=1S/C12H14O3S/c1-8(2)15-12(14)11(13)10-5-3-9(7-16)4-6-10/h3-6,8,16H,7H2,1-2H3. The first-order valence-corrected chi connectivity index (χ1v) is 5.63. The lowest BCUT2D eigenvalue weighted by atomic mass is 10.1. The summed E-state index contributed by atoms with van der Waals surface area (Å²) in [6.45, 7) is 3.41. The minimum Gasteiger partial charge on any atom is -0.457 e. The molecule has 1 aromatic rings. The highest BCUT2D eigenvalue weighted by Crippen LogP contribution is 2.08. The van der Waals surface area contributed by atoms with E-state index in [4.69, 9.17) is 4.74 Å². The van der Waals surface area contributed by atoms with Crippen LogP contribution in [0.15, 0.2) is 24.3 Å². The first kappa shape index (κ1) is 12.8. The summed E-state index contributed by atoms with van der Waals surface area (Å²) in [5.41, 5.74) is 1.34. The van der Waals surface area contributed by atoms with Crippen LogP contribution in [0, 0.1) is 0 Å². The van der Waals surface area contributed by atoms with Crippen molar-refractivity contribution in [1.82, 2.24) is 0 Å². The van der Waals surface area contributed by atoms with Gasteiger partial charge in [-0.3, -0.25) is 4.79 Å². The van der Waals surface area contributed by atoms with E-state index in [1.54, 1.807) is 38.1 Å². The molecule has 1 aromatic carbocycles. The second-order valence-electron chi connectivity index (χ2n) is 3.64. The van der Waals surface area contributed by atoms with Gasteiger partial charge in [-0.15, -0.1) is 0 Å². The molecule has 0 aliphatic heterocycles. The number of hydrogen-bond donors (Lipinski definition) is 1. The molecular formula is C12H14O3S. The highest BCUT2D eigenvalue weighted by molar-refractivity contribution is 7.79. The molecule has 0 amide bonds. The zero-order valence-corrected chi connectivity index (χ0v) is 10.2. The summed E-state index contributed by atoms with van der Waals surface area (Å²) in [4.78, 5) is 22.9. The quantitative estimate of drug-likeness (QED) is 0.379. The number of rotatable bonds is 4. The van der Waals surface area contributed by atoms with Gasteiger partial charge in [-0.1, -0.05) is 24.3 Å². The molecule has 0 aliphatic rings. The highest BCUT2D eigenvalue weighted by Gasteiger charge is 2.18. The average molecular weight is 238 g/mol. The Morgan fingerprint density at radius 1 is 1.25 bits per heavy atom. The average Bonchev–Trinajstić information content (AvgIpc) is 2.27. The van der Waals surface area contributed by atoms with Crippen LogP contribution < -0.4 is 0 Å². The van der Waals surface area contributed by atoms with Gasteiger partial charge < -0.3 is 4.74 Å². The molecule has 0 aliphatic carbocycles. The molecule has 0 radical (unpaired) electrons. The van der Waals surface area contributed by atoms with Gasteiger partial charge in [-0.2, -0.15) is 12.6 Å². The van der Waals surface area contributed by atoms with Crippen LogP contribution in [0.25, 0.3) is 0 Å². The fourth-order valence-electron chi connectivity index (χ4n) is 1.15. The van der Waals surface area contributed by atoms with Crippen LogP contribution in [0.2, 0.25) is 0 Å². The van der Waals surface area contributed by atoms with Crippen LogP contribution in [0.3, 0.4) is 0 Å². The molecule has 0 N–H and O–H groups in total. The van der Waals surface area contributed by atoms with Gasteiger partial charge in [0.2, 0.25) is 0 Å². The Labute approximate surface area is 100 Å². The van der Waals surface area contributed by atoms with Crippen LogP contribution in [-0.4, -0.2) is 17.9 Å². The first-order valence-electron chi connectivity index (χ1n) is 4.99. The summed E-state index contributed by atoms with van der Waals surface area (Å²) in [7, 11) is 0. The van der Waals surface area contributed by atoms with Crippen molar-refractivity contribution in [3.05, 3.63) is 35.4 Å². The zero-order valence-electron chi connectivity index (χ0n) is 9.27. The molecular weight excluding hydrogens is 224 g/mol. The number of thiol groups is 1. The van der Waals surface area contributed by atoms with E-state index in [-0.39, 0.29) is 6.10 Å². The molecule has 0 saturated carbocycles. The monoisotopic (exact) mass is 238 g/mol. The van der Waals surface area contributed by atoms with Crippen molar-refractivity contribution in [3.63, 3.8) is 0 Å². The molecule has 0 heterocycles. The third-order valence-electron chi connectivity index (χ3n) is 1.93. The van der Waals surface area contributed by atoms with E-state index in [2.05, 4.69) is 12.6 Å². The van der Waals surface area contributed by atoms with E-state index in [1.165, 1.54) is 0 Å². The minimum absolute atomic E-state index is 0.284. The maximum absolute atomic E-state index is 11.6. The highest BCUT2D eigenvalue weighted by atomic mass is 32.1. The van der Waals surface area contributed by atoms with Gasteiger partial charge in [0.15, 0.2) is 0 Å². The number of carbonyl (C=O) groups excluding carboxylic acids is 2. The number of ketones is 1.